The molecule has 2 aromatic heterocycles. The Morgan fingerprint density at radius 1 is 1.53 bits per heavy atom. The van der Waals surface area contributed by atoms with Crippen LogP contribution >= 0.6 is 11.3 Å². The number of rotatable bonds is 2. The normalized spacial score (nSPS) is 19.1. The Morgan fingerprint density at radius 2 is 2.37 bits per heavy atom. The molecular formula is C13H16N4OS. The van der Waals surface area contributed by atoms with E-state index in [1.54, 1.807) is 10.9 Å². The number of carbonyl (C=O) groups excluding carboxylic acids is 1. The van der Waals surface area contributed by atoms with E-state index in [0.717, 1.165) is 31.0 Å². The predicted molar refractivity (Wildman–Crippen MR) is 73.3 cm³/mol. The quantitative estimate of drug-likeness (QED) is 0.840. The molecule has 0 aliphatic carbocycles. The molecule has 100 valence electrons. The van der Waals surface area contributed by atoms with E-state index >= 15 is 0 Å². The molecule has 0 aromatic carbocycles. The van der Waals surface area contributed by atoms with E-state index in [1.165, 1.54) is 11.3 Å². The summed E-state index contributed by atoms with van der Waals surface area (Å²) in [5, 5.41) is 1.81. The summed E-state index contributed by atoms with van der Waals surface area (Å²) in [5.74, 6) is 1.45. The molecule has 0 spiro atoms. The van der Waals surface area contributed by atoms with Gasteiger partial charge in [-0.1, -0.05) is 0 Å². The number of imidazole rings is 1. The van der Waals surface area contributed by atoms with Crippen molar-refractivity contribution in [2.24, 2.45) is 7.05 Å². The number of nitrogens with zero attached hydrogens (tertiary/aromatic N) is 4. The first kappa shape index (κ1) is 12.3. The summed E-state index contributed by atoms with van der Waals surface area (Å²) in [6.45, 7) is 3.52. The molecule has 1 atom stereocenters. The first-order valence-electron chi connectivity index (χ1n) is 6.32. The second-order valence-corrected chi connectivity index (χ2v) is 5.68. The standard InChI is InChI=1S/C13H16N4OS/c1-9-5-16(2)12(15-9)10-3-4-17(6-10)13(18)11-7-19-8-14-11/h5,7-8,10H,3-4,6H2,1-2H3/t10-/m1/s1. The molecule has 0 radical (unpaired) electrons. The van der Waals surface area contributed by atoms with Gasteiger partial charge in [-0.25, -0.2) is 9.97 Å². The van der Waals surface area contributed by atoms with Crippen molar-refractivity contribution < 1.29 is 4.79 Å². The summed E-state index contributed by atoms with van der Waals surface area (Å²) < 4.78 is 2.07. The van der Waals surface area contributed by atoms with Crippen LogP contribution in [-0.4, -0.2) is 38.4 Å². The zero-order valence-corrected chi connectivity index (χ0v) is 11.9. The van der Waals surface area contributed by atoms with E-state index in [4.69, 9.17) is 0 Å². The highest BCUT2D eigenvalue weighted by Crippen LogP contribution is 2.27. The highest BCUT2D eigenvalue weighted by Gasteiger charge is 2.30. The van der Waals surface area contributed by atoms with Crippen molar-refractivity contribution in [3.63, 3.8) is 0 Å². The van der Waals surface area contributed by atoms with E-state index in [9.17, 15) is 4.79 Å². The molecule has 1 amide bonds. The van der Waals surface area contributed by atoms with Gasteiger partial charge < -0.3 is 9.47 Å². The number of hydrogen-bond donors (Lipinski definition) is 0. The van der Waals surface area contributed by atoms with Crippen LogP contribution in [0.1, 0.15) is 34.3 Å². The minimum atomic E-state index is 0.0367. The number of aromatic nitrogens is 3. The summed E-state index contributed by atoms with van der Waals surface area (Å²) in [4.78, 5) is 22.7. The molecule has 1 aliphatic heterocycles. The van der Waals surface area contributed by atoms with Crippen molar-refractivity contribution in [3.05, 3.63) is 34.3 Å². The molecule has 19 heavy (non-hydrogen) atoms. The zero-order chi connectivity index (χ0) is 13.4. The molecule has 0 unspecified atom stereocenters. The van der Waals surface area contributed by atoms with Crippen LogP contribution in [0.3, 0.4) is 0 Å². The smallest absolute Gasteiger partial charge is 0.273 e. The Balaban J connectivity index is 1.74. The highest BCUT2D eigenvalue weighted by molar-refractivity contribution is 7.07. The molecule has 1 aliphatic rings. The average Bonchev–Trinajstić information content (AvgIpc) is 3.08. The van der Waals surface area contributed by atoms with Gasteiger partial charge in [0.2, 0.25) is 0 Å². The molecule has 0 bridgehead atoms. The van der Waals surface area contributed by atoms with Crippen LogP contribution < -0.4 is 0 Å². The summed E-state index contributed by atoms with van der Waals surface area (Å²) in [7, 11) is 2.01. The number of hydrogen-bond acceptors (Lipinski definition) is 4. The van der Waals surface area contributed by atoms with Gasteiger partial charge in [0.25, 0.3) is 5.91 Å². The van der Waals surface area contributed by atoms with Crippen LogP contribution in [0.15, 0.2) is 17.1 Å². The van der Waals surface area contributed by atoms with Crippen molar-refractivity contribution in [1.29, 1.82) is 0 Å². The SMILES string of the molecule is Cc1cn(C)c([C@@H]2CCN(C(=O)c3cscn3)C2)n1. The highest BCUT2D eigenvalue weighted by atomic mass is 32.1. The lowest BCUT2D eigenvalue weighted by Gasteiger charge is -2.15. The number of aryl methyl sites for hydroxylation is 2. The molecule has 6 heteroatoms. The van der Waals surface area contributed by atoms with E-state index in [0.29, 0.717) is 11.6 Å². The maximum absolute atomic E-state index is 12.2. The molecule has 2 aromatic rings. The van der Waals surface area contributed by atoms with Crippen LogP contribution in [0.4, 0.5) is 0 Å². The van der Waals surface area contributed by atoms with Gasteiger partial charge in [0.1, 0.15) is 11.5 Å². The second-order valence-electron chi connectivity index (χ2n) is 4.96. The van der Waals surface area contributed by atoms with Gasteiger partial charge in [0.05, 0.1) is 11.2 Å². The fourth-order valence-corrected chi connectivity index (χ4v) is 3.18. The average molecular weight is 276 g/mol. The summed E-state index contributed by atoms with van der Waals surface area (Å²) >= 11 is 1.45. The van der Waals surface area contributed by atoms with Crippen molar-refractivity contribution in [3.8, 4) is 0 Å². The Hall–Kier alpha value is -1.69. The maximum Gasteiger partial charge on any atom is 0.273 e. The zero-order valence-electron chi connectivity index (χ0n) is 11.0. The predicted octanol–water partition coefficient (Wildman–Crippen LogP) is 1.81. The molecule has 0 saturated carbocycles. The maximum atomic E-state index is 12.2. The van der Waals surface area contributed by atoms with Crippen molar-refractivity contribution in [2.75, 3.05) is 13.1 Å². The van der Waals surface area contributed by atoms with Crippen LogP contribution in [0.25, 0.3) is 0 Å². The van der Waals surface area contributed by atoms with Crippen LogP contribution in [0, 0.1) is 6.92 Å². The third-order valence-electron chi connectivity index (χ3n) is 3.52. The molecule has 0 N–H and O–H groups in total. The number of likely N-dealkylation sites (tertiary alicyclic amines) is 1. The van der Waals surface area contributed by atoms with Gasteiger partial charge in [0.15, 0.2) is 0 Å². The molecule has 3 rings (SSSR count). The topological polar surface area (TPSA) is 51.0 Å². The van der Waals surface area contributed by atoms with Crippen molar-refractivity contribution in [1.82, 2.24) is 19.4 Å². The summed E-state index contributed by atoms with van der Waals surface area (Å²) in [6, 6.07) is 0. The number of amides is 1. The molecule has 5 nitrogen and oxygen atoms in total. The van der Waals surface area contributed by atoms with E-state index in [-0.39, 0.29) is 5.91 Å². The van der Waals surface area contributed by atoms with Crippen LogP contribution in [0.5, 0.6) is 0 Å². The summed E-state index contributed by atoms with van der Waals surface area (Å²) in [6.07, 6.45) is 3.00. The molecule has 3 heterocycles. The molecule has 1 fully saturated rings. The van der Waals surface area contributed by atoms with Gasteiger partial charge in [-0.05, 0) is 13.3 Å². The molecule has 1 saturated heterocycles. The van der Waals surface area contributed by atoms with Crippen LogP contribution in [0.2, 0.25) is 0 Å². The van der Waals surface area contributed by atoms with Crippen molar-refractivity contribution >= 4 is 17.2 Å². The van der Waals surface area contributed by atoms with E-state index < -0.39 is 0 Å². The van der Waals surface area contributed by atoms with Gasteiger partial charge in [-0.15, -0.1) is 11.3 Å². The first-order valence-corrected chi connectivity index (χ1v) is 7.26. The monoisotopic (exact) mass is 276 g/mol. The largest absolute Gasteiger partial charge is 0.337 e. The lowest BCUT2D eigenvalue weighted by atomic mass is 10.1. The summed E-state index contributed by atoms with van der Waals surface area (Å²) in [5.41, 5.74) is 3.28. The molecular weight excluding hydrogens is 260 g/mol. The first-order chi connectivity index (χ1) is 9.15. The fourth-order valence-electron chi connectivity index (χ4n) is 2.65. The fraction of sp³-hybridized carbons (Fsp3) is 0.462. The van der Waals surface area contributed by atoms with E-state index in [1.807, 2.05) is 25.1 Å². The minimum absolute atomic E-state index is 0.0367. The Morgan fingerprint density at radius 3 is 3.00 bits per heavy atom. The Kier molecular flexibility index (Phi) is 3.10. The third kappa shape index (κ3) is 2.28. The van der Waals surface area contributed by atoms with Gasteiger partial charge in [-0.3, -0.25) is 4.79 Å². The van der Waals surface area contributed by atoms with Crippen molar-refractivity contribution in [2.45, 2.75) is 19.3 Å². The minimum Gasteiger partial charge on any atom is -0.337 e. The van der Waals surface area contributed by atoms with E-state index in [2.05, 4.69) is 14.5 Å². The van der Waals surface area contributed by atoms with Gasteiger partial charge in [0, 0.05) is 37.6 Å². The Bertz CT molecular complexity index is 590. The lowest BCUT2D eigenvalue weighted by Crippen LogP contribution is -2.28. The van der Waals surface area contributed by atoms with Crippen LogP contribution in [-0.2, 0) is 7.05 Å². The third-order valence-corrected chi connectivity index (χ3v) is 4.11. The van der Waals surface area contributed by atoms with Gasteiger partial charge >= 0.3 is 0 Å². The number of thiazole rings is 1. The Labute approximate surface area is 115 Å². The number of carbonyl (C=O) groups is 1. The van der Waals surface area contributed by atoms with Gasteiger partial charge in [-0.2, -0.15) is 0 Å². The second kappa shape index (κ2) is 4.77. The lowest BCUT2D eigenvalue weighted by molar-refractivity contribution is 0.0785.